The summed E-state index contributed by atoms with van der Waals surface area (Å²) in [6.45, 7) is 0. The fourth-order valence-corrected chi connectivity index (χ4v) is 2.42. The van der Waals surface area contributed by atoms with Crippen LogP contribution < -0.4 is 0 Å². The average molecular weight is 265 g/mol. The van der Waals surface area contributed by atoms with Crippen LogP contribution in [0, 0.1) is 0 Å². The summed E-state index contributed by atoms with van der Waals surface area (Å²) in [7, 11) is 0. The molecule has 0 fully saturated rings. The van der Waals surface area contributed by atoms with Gasteiger partial charge >= 0.3 is 6.18 Å². The highest BCUT2D eigenvalue weighted by Crippen LogP contribution is 2.42. The van der Waals surface area contributed by atoms with Gasteiger partial charge in [0.25, 0.3) is 0 Å². The molecule has 0 N–H and O–H groups in total. The van der Waals surface area contributed by atoms with Crippen molar-refractivity contribution in [3.05, 3.63) is 19.8 Å². The molecule has 0 aliphatic heterocycles. The van der Waals surface area contributed by atoms with Gasteiger partial charge in [0.2, 0.25) is 0 Å². The highest BCUT2D eigenvalue weighted by atomic mass is 79.9. The van der Waals surface area contributed by atoms with Crippen LogP contribution in [0.5, 0.6) is 0 Å². The minimum Gasteiger partial charge on any atom is -0.165 e. The standard InChI is InChI=1S/C5HBrClF3S/c6-3-1-2(7)4(11-3)5(8,9)10/h1H. The first-order valence-corrected chi connectivity index (χ1v) is 4.42. The van der Waals surface area contributed by atoms with Crippen molar-refractivity contribution in [1.82, 2.24) is 0 Å². The summed E-state index contributed by atoms with van der Waals surface area (Å²) in [4.78, 5) is -0.758. The van der Waals surface area contributed by atoms with Crippen molar-refractivity contribution in [3.8, 4) is 0 Å². The topological polar surface area (TPSA) is 0 Å². The van der Waals surface area contributed by atoms with E-state index in [1.54, 1.807) is 0 Å². The van der Waals surface area contributed by atoms with E-state index in [4.69, 9.17) is 11.6 Å². The summed E-state index contributed by atoms with van der Waals surface area (Å²) in [6.07, 6.45) is -4.34. The molecule has 1 aromatic rings. The quantitative estimate of drug-likeness (QED) is 0.660. The molecule has 0 aliphatic carbocycles. The van der Waals surface area contributed by atoms with E-state index in [9.17, 15) is 13.2 Å². The Morgan fingerprint density at radius 3 is 2.18 bits per heavy atom. The monoisotopic (exact) mass is 264 g/mol. The Balaban J connectivity index is 3.13. The molecule has 0 saturated carbocycles. The predicted octanol–water partition coefficient (Wildman–Crippen LogP) is 4.18. The van der Waals surface area contributed by atoms with Crippen LogP contribution in [0.15, 0.2) is 9.85 Å². The molecule has 0 amide bonds. The van der Waals surface area contributed by atoms with E-state index in [-0.39, 0.29) is 5.02 Å². The second-order valence-electron chi connectivity index (χ2n) is 1.73. The van der Waals surface area contributed by atoms with Gasteiger partial charge in [-0.05, 0) is 22.0 Å². The highest BCUT2D eigenvalue weighted by molar-refractivity contribution is 9.11. The van der Waals surface area contributed by atoms with Crippen LogP contribution >= 0.6 is 38.9 Å². The lowest BCUT2D eigenvalue weighted by Crippen LogP contribution is -2.01. The van der Waals surface area contributed by atoms with Crippen molar-refractivity contribution in [1.29, 1.82) is 0 Å². The molecule has 0 aromatic carbocycles. The van der Waals surface area contributed by atoms with Crippen molar-refractivity contribution < 1.29 is 13.2 Å². The number of halogens is 5. The van der Waals surface area contributed by atoms with Crippen LogP contribution in [0.4, 0.5) is 13.2 Å². The molecule has 1 heterocycles. The Hall–Kier alpha value is 0.260. The summed E-state index contributed by atoms with van der Waals surface area (Å²) < 4.78 is 36.3. The first-order valence-electron chi connectivity index (χ1n) is 2.43. The maximum Gasteiger partial charge on any atom is 0.427 e. The van der Waals surface area contributed by atoms with Gasteiger partial charge in [0.15, 0.2) is 0 Å². The SMILES string of the molecule is FC(F)(F)c1sc(Br)cc1Cl. The Morgan fingerprint density at radius 2 is 2.00 bits per heavy atom. The molecule has 62 valence electrons. The van der Waals surface area contributed by atoms with Crippen LogP contribution in [0.25, 0.3) is 0 Å². The van der Waals surface area contributed by atoms with Crippen molar-refractivity contribution in [2.75, 3.05) is 0 Å². The van der Waals surface area contributed by atoms with Gasteiger partial charge in [-0.3, -0.25) is 0 Å². The molecule has 0 unspecified atom stereocenters. The summed E-state index contributed by atoms with van der Waals surface area (Å²) in [5, 5.41) is -0.255. The Morgan fingerprint density at radius 1 is 1.45 bits per heavy atom. The molecule has 0 radical (unpaired) electrons. The molecule has 1 aromatic heterocycles. The fourth-order valence-electron chi connectivity index (χ4n) is 0.534. The van der Waals surface area contributed by atoms with Gasteiger partial charge in [-0.2, -0.15) is 13.2 Å². The molecule has 0 atom stereocenters. The Kier molecular flexibility index (Phi) is 2.51. The van der Waals surface area contributed by atoms with E-state index in [1.807, 2.05) is 0 Å². The van der Waals surface area contributed by atoms with Crippen LogP contribution in [-0.2, 0) is 6.18 Å². The van der Waals surface area contributed by atoms with Gasteiger partial charge in [-0.1, -0.05) is 11.6 Å². The van der Waals surface area contributed by atoms with Crippen molar-refractivity contribution in [2.45, 2.75) is 6.18 Å². The summed E-state index contributed by atoms with van der Waals surface area (Å²) in [6, 6.07) is 1.23. The number of hydrogen-bond acceptors (Lipinski definition) is 1. The van der Waals surface area contributed by atoms with Gasteiger partial charge in [0.1, 0.15) is 4.88 Å². The second kappa shape index (κ2) is 2.95. The minimum absolute atomic E-state index is 0.255. The zero-order valence-electron chi connectivity index (χ0n) is 4.88. The van der Waals surface area contributed by atoms with Crippen LogP contribution in [0.3, 0.4) is 0 Å². The van der Waals surface area contributed by atoms with E-state index in [2.05, 4.69) is 15.9 Å². The van der Waals surface area contributed by atoms with Gasteiger partial charge in [0, 0.05) is 0 Å². The smallest absolute Gasteiger partial charge is 0.165 e. The molecule has 6 heteroatoms. The zero-order valence-corrected chi connectivity index (χ0v) is 8.03. The largest absolute Gasteiger partial charge is 0.427 e. The third-order valence-electron chi connectivity index (χ3n) is 0.914. The summed E-state index contributed by atoms with van der Waals surface area (Å²) in [5.74, 6) is 0. The minimum atomic E-state index is -4.34. The molecule has 1 rings (SSSR count). The highest BCUT2D eigenvalue weighted by Gasteiger charge is 2.35. The average Bonchev–Trinajstić information content (AvgIpc) is 2.08. The molecule has 0 nitrogen and oxygen atoms in total. The van der Waals surface area contributed by atoms with Gasteiger partial charge in [-0.15, -0.1) is 11.3 Å². The van der Waals surface area contributed by atoms with Gasteiger partial charge in [-0.25, -0.2) is 0 Å². The van der Waals surface area contributed by atoms with Gasteiger partial charge in [0.05, 0.1) is 8.81 Å². The maximum atomic E-state index is 12.0. The second-order valence-corrected chi connectivity index (χ2v) is 4.56. The van der Waals surface area contributed by atoms with Crippen LogP contribution in [-0.4, -0.2) is 0 Å². The Labute approximate surface area is 78.1 Å². The summed E-state index contributed by atoms with van der Waals surface area (Å²) >= 11 is 8.78. The van der Waals surface area contributed by atoms with Crippen LogP contribution in [0.1, 0.15) is 4.88 Å². The Bertz CT molecular complexity index is 267. The molecule has 0 aliphatic rings. The molecule has 11 heavy (non-hydrogen) atoms. The molecule has 0 bridgehead atoms. The maximum absolute atomic E-state index is 12.0. The zero-order chi connectivity index (χ0) is 8.65. The number of rotatable bonds is 0. The molecular weight excluding hydrogens is 264 g/mol. The van der Waals surface area contributed by atoms with E-state index >= 15 is 0 Å². The lowest BCUT2D eigenvalue weighted by molar-refractivity contribution is -0.134. The number of alkyl halides is 3. The number of hydrogen-bond donors (Lipinski definition) is 0. The molecular formula is C5HBrClF3S. The third-order valence-corrected chi connectivity index (χ3v) is 3.01. The van der Waals surface area contributed by atoms with E-state index in [0.717, 1.165) is 0 Å². The third kappa shape index (κ3) is 2.10. The predicted molar refractivity (Wildman–Crippen MR) is 42.0 cm³/mol. The lowest BCUT2D eigenvalue weighted by atomic mass is 10.5. The molecule has 0 spiro atoms. The van der Waals surface area contributed by atoms with E-state index < -0.39 is 11.1 Å². The van der Waals surface area contributed by atoms with E-state index in [0.29, 0.717) is 15.1 Å². The first kappa shape index (κ1) is 9.35. The van der Waals surface area contributed by atoms with E-state index in [1.165, 1.54) is 6.07 Å². The number of thiophene rings is 1. The molecule has 0 saturated heterocycles. The van der Waals surface area contributed by atoms with Crippen molar-refractivity contribution in [2.24, 2.45) is 0 Å². The lowest BCUT2D eigenvalue weighted by Gasteiger charge is -2.01. The normalized spacial score (nSPS) is 12.1. The van der Waals surface area contributed by atoms with Gasteiger partial charge < -0.3 is 0 Å². The van der Waals surface area contributed by atoms with Crippen LogP contribution in [0.2, 0.25) is 5.02 Å². The van der Waals surface area contributed by atoms with Crippen molar-refractivity contribution in [3.63, 3.8) is 0 Å². The fraction of sp³-hybridized carbons (Fsp3) is 0.200. The first-order chi connectivity index (χ1) is 4.91. The summed E-state index contributed by atoms with van der Waals surface area (Å²) in [5.41, 5.74) is 0. The van der Waals surface area contributed by atoms with Crippen molar-refractivity contribution >= 4 is 38.9 Å².